The van der Waals surface area contributed by atoms with Gasteiger partial charge in [0.05, 0.1) is 26.5 Å². The quantitative estimate of drug-likeness (QED) is 0.474. The Labute approximate surface area is 180 Å². The minimum Gasteiger partial charge on any atom is -0.497 e. The molecule has 2 aromatic carbocycles. The molecule has 1 heterocycles. The fraction of sp³-hybridized carbons (Fsp3) is 0.217. The SMILES string of the molecule is CCCOc1ccc(C=CC(=O)Nc2nc(-c3cccc(OC)c3)cs2)cc1OC. The molecule has 30 heavy (non-hydrogen) atoms. The van der Waals surface area contributed by atoms with E-state index in [1.54, 1.807) is 20.3 Å². The predicted molar refractivity (Wildman–Crippen MR) is 121 cm³/mol. The van der Waals surface area contributed by atoms with Crippen molar-refractivity contribution in [1.82, 2.24) is 4.98 Å². The van der Waals surface area contributed by atoms with Crippen molar-refractivity contribution in [3.63, 3.8) is 0 Å². The third kappa shape index (κ3) is 5.61. The molecule has 0 aliphatic carbocycles. The summed E-state index contributed by atoms with van der Waals surface area (Å²) in [5.41, 5.74) is 2.55. The number of amides is 1. The number of nitrogens with one attached hydrogen (secondary N) is 1. The highest BCUT2D eigenvalue weighted by Gasteiger charge is 2.08. The van der Waals surface area contributed by atoms with E-state index in [9.17, 15) is 4.79 Å². The number of carbonyl (C=O) groups is 1. The number of nitrogens with zero attached hydrogens (tertiary/aromatic N) is 1. The molecule has 3 aromatic rings. The lowest BCUT2D eigenvalue weighted by Gasteiger charge is -2.10. The summed E-state index contributed by atoms with van der Waals surface area (Å²) in [6, 6.07) is 13.2. The van der Waals surface area contributed by atoms with Gasteiger partial charge in [-0.2, -0.15) is 0 Å². The zero-order chi connectivity index (χ0) is 21.3. The Balaban J connectivity index is 1.64. The second kappa shape index (κ2) is 10.5. The Kier molecular flexibility index (Phi) is 7.45. The van der Waals surface area contributed by atoms with Crippen LogP contribution in [0, 0.1) is 0 Å². The summed E-state index contributed by atoms with van der Waals surface area (Å²) < 4.78 is 16.3. The van der Waals surface area contributed by atoms with E-state index in [2.05, 4.69) is 10.3 Å². The van der Waals surface area contributed by atoms with Crippen LogP contribution in [0.15, 0.2) is 53.9 Å². The molecule has 0 saturated carbocycles. The Morgan fingerprint density at radius 1 is 1.13 bits per heavy atom. The van der Waals surface area contributed by atoms with E-state index in [-0.39, 0.29) is 5.91 Å². The van der Waals surface area contributed by atoms with E-state index in [0.717, 1.165) is 29.0 Å². The molecular formula is C23H24N2O4S. The van der Waals surface area contributed by atoms with Gasteiger partial charge in [-0.25, -0.2) is 4.98 Å². The number of hydrogen-bond donors (Lipinski definition) is 1. The Morgan fingerprint density at radius 3 is 2.77 bits per heavy atom. The molecule has 156 valence electrons. The van der Waals surface area contributed by atoms with Gasteiger partial charge in [-0.15, -0.1) is 11.3 Å². The molecule has 7 heteroatoms. The Morgan fingerprint density at radius 2 is 2.00 bits per heavy atom. The van der Waals surface area contributed by atoms with E-state index in [1.165, 1.54) is 17.4 Å². The first-order valence-corrected chi connectivity index (χ1v) is 10.4. The van der Waals surface area contributed by atoms with Crippen LogP contribution < -0.4 is 19.5 Å². The second-order valence-corrected chi connectivity index (χ2v) is 7.21. The molecule has 1 N–H and O–H groups in total. The van der Waals surface area contributed by atoms with Gasteiger partial charge in [0.25, 0.3) is 0 Å². The molecule has 0 unspecified atom stereocenters. The zero-order valence-corrected chi connectivity index (χ0v) is 18.0. The van der Waals surface area contributed by atoms with Gasteiger partial charge in [0.15, 0.2) is 16.6 Å². The van der Waals surface area contributed by atoms with E-state index in [4.69, 9.17) is 14.2 Å². The van der Waals surface area contributed by atoms with Crippen LogP contribution in [-0.4, -0.2) is 31.7 Å². The van der Waals surface area contributed by atoms with Gasteiger partial charge in [0, 0.05) is 17.0 Å². The van der Waals surface area contributed by atoms with Gasteiger partial charge in [-0.3, -0.25) is 10.1 Å². The zero-order valence-electron chi connectivity index (χ0n) is 17.2. The number of ether oxygens (including phenoxy) is 3. The number of anilines is 1. The van der Waals surface area contributed by atoms with E-state index >= 15 is 0 Å². The van der Waals surface area contributed by atoms with Crippen LogP contribution >= 0.6 is 11.3 Å². The summed E-state index contributed by atoms with van der Waals surface area (Å²) >= 11 is 1.37. The van der Waals surface area contributed by atoms with Crippen molar-refractivity contribution in [2.24, 2.45) is 0 Å². The maximum atomic E-state index is 12.3. The summed E-state index contributed by atoms with van der Waals surface area (Å²) in [5, 5.41) is 5.22. The fourth-order valence-electron chi connectivity index (χ4n) is 2.68. The highest BCUT2D eigenvalue weighted by molar-refractivity contribution is 7.14. The van der Waals surface area contributed by atoms with E-state index < -0.39 is 0 Å². The molecule has 0 atom stereocenters. The van der Waals surface area contributed by atoms with Crippen molar-refractivity contribution < 1.29 is 19.0 Å². The third-order valence-corrected chi connectivity index (χ3v) is 4.93. The normalized spacial score (nSPS) is 10.8. The molecule has 0 aliphatic rings. The van der Waals surface area contributed by atoms with Gasteiger partial charge in [-0.1, -0.05) is 25.1 Å². The second-order valence-electron chi connectivity index (χ2n) is 6.35. The van der Waals surface area contributed by atoms with E-state index in [0.29, 0.717) is 23.2 Å². The predicted octanol–water partition coefficient (Wildman–Crippen LogP) is 5.27. The average Bonchev–Trinajstić information content (AvgIpc) is 3.25. The third-order valence-electron chi connectivity index (χ3n) is 4.18. The van der Waals surface area contributed by atoms with Gasteiger partial charge in [0.2, 0.25) is 5.91 Å². The number of hydrogen-bond acceptors (Lipinski definition) is 6. The fourth-order valence-corrected chi connectivity index (χ4v) is 3.41. The summed E-state index contributed by atoms with van der Waals surface area (Å²) in [7, 11) is 3.22. The first-order chi connectivity index (χ1) is 14.6. The largest absolute Gasteiger partial charge is 0.497 e. The molecule has 0 fully saturated rings. The molecule has 6 nitrogen and oxygen atoms in total. The highest BCUT2D eigenvalue weighted by Crippen LogP contribution is 2.29. The molecule has 1 amide bonds. The minimum absolute atomic E-state index is 0.258. The number of thiazole rings is 1. The van der Waals surface area contributed by atoms with Crippen LogP contribution in [0.4, 0.5) is 5.13 Å². The number of rotatable bonds is 9. The van der Waals surface area contributed by atoms with Crippen molar-refractivity contribution in [3.8, 4) is 28.5 Å². The van der Waals surface area contributed by atoms with Crippen LogP contribution in [0.1, 0.15) is 18.9 Å². The first kappa shape index (κ1) is 21.4. The number of carbonyl (C=O) groups excluding carboxylic acids is 1. The maximum Gasteiger partial charge on any atom is 0.250 e. The lowest BCUT2D eigenvalue weighted by Crippen LogP contribution is -2.07. The van der Waals surface area contributed by atoms with Crippen molar-refractivity contribution in [1.29, 1.82) is 0 Å². The van der Waals surface area contributed by atoms with Crippen LogP contribution in [-0.2, 0) is 4.79 Å². The van der Waals surface area contributed by atoms with Crippen LogP contribution in [0.25, 0.3) is 17.3 Å². The highest BCUT2D eigenvalue weighted by atomic mass is 32.1. The Hall–Kier alpha value is -3.32. The monoisotopic (exact) mass is 424 g/mol. The maximum absolute atomic E-state index is 12.3. The first-order valence-electron chi connectivity index (χ1n) is 9.52. The number of aromatic nitrogens is 1. The van der Waals surface area contributed by atoms with Crippen LogP contribution in [0.3, 0.4) is 0 Å². The van der Waals surface area contributed by atoms with E-state index in [1.807, 2.05) is 54.8 Å². The molecule has 0 spiro atoms. The van der Waals surface area contributed by atoms with Crippen molar-refractivity contribution in [2.45, 2.75) is 13.3 Å². The number of methoxy groups -OCH3 is 2. The topological polar surface area (TPSA) is 69.7 Å². The van der Waals surface area contributed by atoms with Crippen LogP contribution in [0.2, 0.25) is 0 Å². The summed E-state index contributed by atoms with van der Waals surface area (Å²) in [5.74, 6) is 1.82. The lowest BCUT2D eigenvalue weighted by molar-refractivity contribution is -0.111. The van der Waals surface area contributed by atoms with Crippen molar-refractivity contribution in [2.75, 3.05) is 26.1 Å². The molecule has 0 radical (unpaired) electrons. The molecular weight excluding hydrogens is 400 g/mol. The average molecular weight is 425 g/mol. The molecule has 1 aromatic heterocycles. The molecule has 3 rings (SSSR count). The standard InChI is InChI=1S/C23H24N2O4S/c1-4-12-29-20-10-8-16(13-21(20)28-3)9-11-22(26)25-23-24-19(15-30-23)17-6-5-7-18(14-17)27-2/h5-11,13-15H,4,12H2,1-3H3,(H,24,25,26). The number of benzene rings is 2. The molecule has 0 aliphatic heterocycles. The van der Waals surface area contributed by atoms with Gasteiger partial charge >= 0.3 is 0 Å². The summed E-state index contributed by atoms with van der Waals surface area (Å²) in [4.78, 5) is 16.8. The minimum atomic E-state index is -0.258. The summed E-state index contributed by atoms with van der Waals surface area (Å²) in [6.07, 6.45) is 4.10. The molecule has 0 saturated heterocycles. The van der Waals surface area contributed by atoms with Gasteiger partial charge in [-0.05, 0) is 42.3 Å². The van der Waals surface area contributed by atoms with Gasteiger partial charge in [0.1, 0.15) is 5.75 Å². The van der Waals surface area contributed by atoms with Crippen molar-refractivity contribution in [3.05, 3.63) is 59.5 Å². The molecule has 0 bridgehead atoms. The lowest BCUT2D eigenvalue weighted by atomic mass is 10.2. The van der Waals surface area contributed by atoms with Gasteiger partial charge < -0.3 is 14.2 Å². The summed E-state index contributed by atoms with van der Waals surface area (Å²) in [6.45, 7) is 2.67. The Bertz CT molecular complexity index is 1030. The van der Waals surface area contributed by atoms with Crippen molar-refractivity contribution >= 4 is 28.5 Å². The smallest absolute Gasteiger partial charge is 0.250 e. The van der Waals surface area contributed by atoms with Crippen LogP contribution in [0.5, 0.6) is 17.2 Å².